The highest BCUT2D eigenvalue weighted by molar-refractivity contribution is 7.92. The highest BCUT2D eigenvalue weighted by Gasteiger charge is 2.24. The quantitative estimate of drug-likeness (QED) is 0.429. The van der Waals surface area contributed by atoms with Gasteiger partial charge in [0.25, 0.3) is 0 Å². The number of carbonyl (C=O) groups is 2. The van der Waals surface area contributed by atoms with Crippen LogP contribution in [0.25, 0.3) is 0 Å². The Morgan fingerprint density at radius 1 is 1.00 bits per heavy atom. The molecule has 1 amide bonds. The van der Waals surface area contributed by atoms with Crippen molar-refractivity contribution in [1.82, 2.24) is 4.98 Å². The van der Waals surface area contributed by atoms with Crippen LogP contribution in [0.15, 0.2) is 71.8 Å². The van der Waals surface area contributed by atoms with Gasteiger partial charge in [-0.25, -0.2) is 18.2 Å². The van der Waals surface area contributed by atoms with Gasteiger partial charge >= 0.3 is 5.97 Å². The molecule has 0 saturated carbocycles. The van der Waals surface area contributed by atoms with Crippen molar-refractivity contribution in [1.29, 1.82) is 0 Å². The average Bonchev–Trinajstić information content (AvgIpc) is 2.81. The summed E-state index contributed by atoms with van der Waals surface area (Å²) in [6.45, 7) is 3.72. The molecule has 0 fully saturated rings. The molecule has 0 spiro atoms. The number of benzene rings is 2. The number of hydrogen-bond donors (Lipinski definition) is 2. The molecule has 9 heteroatoms. The summed E-state index contributed by atoms with van der Waals surface area (Å²) in [5, 5.41) is 11.4. The lowest BCUT2D eigenvalue weighted by Crippen LogP contribution is -2.19. The summed E-state index contributed by atoms with van der Waals surface area (Å²) >= 11 is 0. The number of amides is 1. The summed E-state index contributed by atoms with van der Waals surface area (Å²) in [6.07, 6.45) is 2.60. The maximum Gasteiger partial charge on any atom is 0.337 e. The molecule has 8 nitrogen and oxygen atoms in total. The number of aromatic nitrogens is 1. The minimum atomic E-state index is -3.38. The summed E-state index contributed by atoms with van der Waals surface area (Å²) in [5.41, 5.74) is 0.850. The van der Waals surface area contributed by atoms with Gasteiger partial charge in [0.15, 0.2) is 9.84 Å². The summed E-state index contributed by atoms with van der Waals surface area (Å²) in [5.74, 6) is -0.776. The van der Waals surface area contributed by atoms with Gasteiger partial charge in [-0.15, -0.1) is 0 Å². The van der Waals surface area contributed by atoms with E-state index in [1.54, 1.807) is 36.4 Å². The number of aromatic carboxylic acids is 1. The van der Waals surface area contributed by atoms with E-state index in [0.29, 0.717) is 24.2 Å². The molecule has 0 atom stereocenters. The number of rotatable bonds is 10. The van der Waals surface area contributed by atoms with E-state index in [1.807, 2.05) is 13.8 Å². The minimum Gasteiger partial charge on any atom is -0.478 e. The molecule has 0 aliphatic heterocycles. The largest absolute Gasteiger partial charge is 0.478 e. The second kappa shape index (κ2) is 10.9. The first-order valence-corrected chi connectivity index (χ1v) is 12.4. The molecule has 0 aliphatic carbocycles. The van der Waals surface area contributed by atoms with Gasteiger partial charge in [-0.1, -0.05) is 32.0 Å². The maximum absolute atomic E-state index is 12.6. The first-order valence-electron chi connectivity index (χ1n) is 10.8. The molecule has 178 valence electrons. The zero-order valence-electron chi connectivity index (χ0n) is 18.9. The normalized spacial score (nSPS) is 11.3. The molecule has 1 aromatic heterocycles. The summed E-state index contributed by atoms with van der Waals surface area (Å²) in [6, 6.07) is 15.7. The predicted octanol–water partition coefficient (Wildman–Crippen LogP) is 4.72. The van der Waals surface area contributed by atoms with Crippen LogP contribution in [0.2, 0.25) is 0 Å². The fraction of sp³-hybridized carbons (Fsp3) is 0.240. The maximum atomic E-state index is 12.6. The van der Waals surface area contributed by atoms with Crippen molar-refractivity contribution in [3.8, 4) is 11.6 Å². The van der Waals surface area contributed by atoms with Crippen LogP contribution in [0.4, 0.5) is 5.69 Å². The molecule has 34 heavy (non-hydrogen) atoms. The Labute approximate surface area is 198 Å². The van der Waals surface area contributed by atoms with E-state index < -0.39 is 21.1 Å². The van der Waals surface area contributed by atoms with E-state index in [9.17, 15) is 23.1 Å². The molecule has 3 rings (SSSR count). The van der Waals surface area contributed by atoms with Crippen LogP contribution >= 0.6 is 0 Å². The van der Waals surface area contributed by atoms with Crippen LogP contribution in [0.3, 0.4) is 0 Å². The topological polar surface area (TPSA) is 123 Å². The molecule has 0 bridgehead atoms. The molecule has 2 N–H and O–H groups in total. The van der Waals surface area contributed by atoms with E-state index in [1.165, 1.54) is 30.5 Å². The minimum absolute atomic E-state index is 0.00378. The van der Waals surface area contributed by atoms with Crippen molar-refractivity contribution in [2.24, 2.45) is 0 Å². The average molecular weight is 483 g/mol. The Morgan fingerprint density at radius 2 is 1.68 bits per heavy atom. The third kappa shape index (κ3) is 5.99. The van der Waals surface area contributed by atoms with Crippen molar-refractivity contribution in [2.75, 3.05) is 5.32 Å². The number of carboxylic acids is 1. The zero-order chi connectivity index (χ0) is 24.7. The lowest BCUT2D eigenvalue weighted by atomic mass is 10.1. The number of hydrogen-bond acceptors (Lipinski definition) is 6. The Bertz CT molecular complexity index is 1250. The first kappa shape index (κ1) is 24.9. The number of ether oxygens (including phenoxy) is 1. The van der Waals surface area contributed by atoms with Crippen molar-refractivity contribution in [3.05, 3.63) is 78.0 Å². The fourth-order valence-electron chi connectivity index (χ4n) is 3.47. The van der Waals surface area contributed by atoms with Crippen LogP contribution in [0.1, 0.15) is 42.6 Å². The van der Waals surface area contributed by atoms with Gasteiger partial charge in [-0.05, 0) is 54.8 Å². The number of pyridine rings is 1. The number of carbonyl (C=O) groups excluding carboxylic acids is 1. The van der Waals surface area contributed by atoms with Crippen molar-refractivity contribution < 1.29 is 27.9 Å². The SMILES string of the molecule is CCC(CC)S(=O)(=O)c1ccc(Oc2ccc(CC(=O)Nc3ccccc3C(=O)O)cn2)cc1. The third-order valence-electron chi connectivity index (χ3n) is 5.32. The first-order chi connectivity index (χ1) is 16.2. The Morgan fingerprint density at radius 3 is 2.26 bits per heavy atom. The van der Waals surface area contributed by atoms with E-state index in [-0.39, 0.29) is 34.4 Å². The molecule has 0 aliphatic rings. The van der Waals surface area contributed by atoms with Gasteiger partial charge in [0.2, 0.25) is 11.8 Å². The third-order valence-corrected chi connectivity index (χ3v) is 7.79. The number of nitrogens with one attached hydrogen (secondary N) is 1. The molecule has 0 unspecified atom stereocenters. The number of anilines is 1. The highest BCUT2D eigenvalue weighted by atomic mass is 32.2. The lowest BCUT2D eigenvalue weighted by molar-refractivity contribution is -0.115. The fourth-order valence-corrected chi connectivity index (χ4v) is 5.25. The van der Waals surface area contributed by atoms with E-state index in [2.05, 4.69) is 10.3 Å². The van der Waals surface area contributed by atoms with E-state index >= 15 is 0 Å². The molecule has 0 saturated heterocycles. The van der Waals surface area contributed by atoms with Crippen molar-refractivity contribution in [3.63, 3.8) is 0 Å². The molecule has 3 aromatic rings. The van der Waals surface area contributed by atoms with Crippen LogP contribution in [0, 0.1) is 0 Å². The van der Waals surface area contributed by atoms with E-state index in [4.69, 9.17) is 4.74 Å². The van der Waals surface area contributed by atoms with Crippen LogP contribution in [0.5, 0.6) is 11.6 Å². The predicted molar refractivity (Wildman–Crippen MR) is 128 cm³/mol. The van der Waals surface area contributed by atoms with Gasteiger partial charge < -0.3 is 15.2 Å². The number of sulfone groups is 1. The second-order valence-corrected chi connectivity index (χ2v) is 9.87. The molecular formula is C25H26N2O6S. The summed E-state index contributed by atoms with van der Waals surface area (Å²) in [7, 11) is -3.38. The molecule has 2 aromatic carbocycles. The summed E-state index contributed by atoms with van der Waals surface area (Å²) in [4.78, 5) is 28.0. The summed E-state index contributed by atoms with van der Waals surface area (Å²) < 4.78 is 31.0. The molecule has 1 heterocycles. The number of para-hydroxylation sites is 1. The zero-order valence-corrected chi connectivity index (χ0v) is 19.7. The highest BCUT2D eigenvalue weighted by Crippen LogP contribution is 2.25. The lowest BCUT2D eigenvalue weighted by Gasteiger charge is -2.14. The number of carboxylic acid groups (broad SMARTS) is 1. The van der Waals surface area contributed by atoms with Crippen molar-refractivity contribution >= 4 is 27.4 Å². The van der Waals surface area contributed by atoms with Gasteiger partial charge in [-0.2, -0.15) is 0 Å². The second-order valence-electron chi connectivity index (χ2n) is 7.64. The van der Waals surface area contributed by atoms with Crippen LogP contribution in [-0.2, 0) is 21.1 Å². The molecule has 0 radical (unpaired) electrons. The van der Waals surface area contributed by atoms with Gasteiger partial charge in [-0.3, -0.25) is 4.79 Å². The monoisotopic (exact) mass is 482 g/mol. The Balaban J connectivity index is 1.62. The Hall–Kier alpha value is -3.72. The van der Waals surface area contributed by atoms with Crippen LogP contribution < -0.4 is 10.1 Å². The van der Waals surface area contributed by atoms with Gasteiger partial charge in [0, 0.05) is 12.3 Å². The van der Waals surface area contributed by atoms with Crippen LogP contribution in [-0.4, -0.2) is 35.6 Å². The van der Waals surface area contributed by atoms with Gasteiger partial charge in [0.1, 0.15) is 5.75 Å². The standard InChI is InChI=1S/C25H26N2O6S/c1-3-19(4-2)34(31,32)20-12-10-18(11-13-20)33-24-14-9-17(16-26-24)15-23(28)27-22-8-6-5-7-21(22)25(29)30/h5-14,16,19H,3-4,15H2,1-2H3,(H,27,28)(H,29,30). The van der Waals surface area contributed by atoms with Crippen molar-refractivity contribution in [2.45, 2.75) is 43.3 Å². The smallest absolute Gasteiger partial charge is 0.337 e. The Kier molecular flexibility index (Phi) is 8.01. The van der Waals surface area contributed by atoms with E-state index in [0.717, 1.165) is 0 Å². The number of nitrogens with zero attached hydrogens (tertiary/aromatic N) is 1. The molecular weight excluding hydrogens is 456 g/mol. The van der Waals surface area contributed by atoms with Gasteiger partial charge in [0.05, 0.1) is 27.8 Å².